The lowest BCUT2D eigenvalue weighted by Crippen LogP contribution is -2.29. The summed E-state index contributed by atoms with van der Waals surface area (Å²) in [6.45, 7) is 7.44. The van der Waals surface area contributed by atoms with Gasteiger partial charge in [-0.3, -0.25) is 0 Å². The van der Waals surface area contributed by atoms with Gasteiger partial charge in [-0.2, -0.15) is 0 Å². The van der Waals surface area contributed by atoms with Crippen molar-refractivity contribution in [2.24, 2.45) is 5.92 Å². The van der Waals surface area contributed by atoms with Gasteiger partial charge in [-0.1, -0.05) is 26.7 Å². The molecule has 2 N–H and O–H groups in total. The molecule has 3 atom stereocenters. The molecule has 1 radical (unpaired) electrons. The minimum Gasteiger partial charge on any atom is -0.393 e. The Kier molecular flexibility index (Phi) is 6.39. The fourth-order valence-corrected chi connectivity index (χ4v) is 1.50. The summed E-state index contributed by atoms with van der Waals surface area (Å²) in [6.07, 6.45) is 2.60. The van der Waals surface area contributed by atoms with Crippen molar-refractivity contribution < 1.29 is 10.2 Å². The summed E-state index contributed by atoms with van der Waals surface area (Å²) in [7, 11) is 0. The quantitative estimate of drug-likeness (QED) is 0.642. The van der Waals surface area contributed by atoms with Crippen molar-refractivity contribution in [1.82, 2.24) is 0 Å². The Labute approximate surface area is 75.6 Å². The average molecular weight is 173 g/mol. The van der Waals surface area contributed by atoms with Gasteiger partial charge in [0.1, 0.15) is 0 Å². The van der Waals surface area contributed by atoms with Crippen LogP contribution in [0, 0.1) is 12.8 Å². The highest BCUT2D eigenvalue weighted by atomic mass is 16.3. The zero-order valence-corrected chi connectivity index (χ0v) is 8.16. The number of aliphatic hydroxyl groups is 2. The second-order valence-corrected chi connectivity index (χ2v) is 3.38. The molecule has 0 fully saturated rings. The summed E-state index contributed by atoms with van der Waals surface area (Å²) in [5.74, 6) is 0.0246. The van der Waals surface area contributed by atoms with Gasteiger partial charge in [0.2, 0.25) is 0 Å². The van der Waals surface area contributed by atoms with E-state index in [0.717, 1.165) is 25.7 Å². The number of aliphatic hydroxyl groups excluding tert-OH is 2. The fourth-order valence-electron chi connectivity index (χ4n) is 1.50. The standard InChI is InChI=1S/C10H21O2/c1-4-6-7-10(12)9(5-2)8(3)11/h8-12H,1,4-7H2,2-3H3. The fraction of sp³-hybridized carbons (Fsp3) is 0.900. The molecule has 0 saturated carbocycles. The van der Waals surface area contributed by atoms with Gasteiger partial charge in [0, 0.05) is 5.92 Å². The van der Waals surface area contributed by atoms with Crippen molar-refractivity contribution in [2.45, 2.75) is 51.7 Å². The van der Waals surface area contributed by atoms with Crippen molar-refractivity contribution in [3.63, 3.8) is 0 Å². The lowest BCUT2D eigenvalue weighted by atomic mass is 9.91. The molecule has 0 rings (SSSR count). The highest BCUT2D eigenvalue weighted by molar-refractivity contribution is 4.72. The van der Waals surface area contributed by atoms with Gasteiger partial charge in [-0.15, -0.1) is 0 Å². The van der Waals surface area contributed by atoms with Crippen LogP contribution >= 0.6 is 0 Å². The van der Waals surface area contributed by atoms with Crippen molar-refractivity contribution in [3.8, 4) is 0 Å². The molecule has 73 valence electrons. The van der Waals surface area contributed by atoms with Crippen LogP contribution in [-0.4, -0.2) is 22.4 Å². The molecule has 0 aromatic heterocycles. The molecular weight excluding hydrogens is 152 g/mol. The predicted octanol–water partition coefficient (Wildman–Crippen LogP) is 1.76. The Morgan fingerprint density at radius 3 is 2.25 bits per heavy atom. The molecule has 0 saturated heterocycles. The maximum absolute atomic E-state index is 9.62. The van der Waals surface area contributed by atoms with Crippen molar-refractivity contribution in [3.05, 3.63) is 6.92 Å². The first-order chi connectivity index (χ1) is 5.63. The van der Waals surface area contributed by atoms with Crippen LogP contribution in [0.15, 0.2) is 0 Å². The van der Waals surface area contributed by atoms with Crippen LogP contribution in [-0.2, 0) is 0 Å². The Hall–Kier alpha value is -0.0800. The van der Waals surface area contributed by atoms with Gasteiger partial charge < -0.3 is 10.2 Å². The second-order valence-electron chi connectivity index (χ2n) is 3.38. The van der Waals surface area contributed by atoms with Crippen LogP contribution in [0.1, 0.15) is 39.5 Å². The predicted molar refractivity (Wildman–Crippen MR) is 50.7 cm³/mol. The molecule has 3 unspecified atom stereocenters. The smallest absolute Gasteiger partial charge is 0.0592 e. The normalized spacial score (nSPS) is 18.8. The number of hydrogen-bond donors (Lipinski definition) is 2. The van der Waals surface area contributed by atoms with Crippen molar-refractivity contribution >= 4 is 0 Å². The van der Waals surface area contributed by atoms with Crippen LogP contribution in [0.5, 0.6) is 0 Å². The molecule has 0 bridgehead atoms. The van der Waals surface area contributed by atoms with Gasteiger partial charge in [-0.25, -0.2) is 0 Å². The van der Waals surface area contributed by atoms with E-state index in [-0.39, 0.29) is 12.0 Å². The largest absolute Gasteiger partial charge is 0.393 e. The lowest BCUT2D eigenvalue weighted by Gasteiger charge is -2.23. The third-order valence-corrected chi connectivity index (χ3v) is 2.34. The van der Waals surface area contributed by atoms with E-state index in [4.69, 9.17) is 0 Å². The highest BCUT2D eigenvalue weighted by Gasteiger charge is 2.21. The first kappa shape index (κ1) is 11.9. The summed E-state index contributed by atoms with van der Waals surface area (Å²) >= 11 is 0. The van der Waals surface area contributed by atoms with E-state index >= 15 is 0 Å². The molecule has 0 amide bonds. The SMILES string of the molecule is [CH2]CCCC(O)C(CC)C(C)O. The Balaban J connectivity index is 3.77. The maximum atomic E-state index is 9.62. The average Bonchev–Trinajstić information content (AvgIpc) is 2.01. The van der Waals surface area contributed by atoms with Gasteiger partial charge in [-0.05, 0) is 19.8 Å². The van der Waals surface area contributed by atoms with E-state index in [9.17, 15) is 10.2 Å². The van der Waals surface area contributed by atoms with E-state index in [0.29, 0.717) is 0 Å². The van der Waals surface area contributed by atoms with Crippen LogP contribution in [0.2, 0.25) is 0 Å². The summed E-state index contributed by atoms with van der Waals surface area (Å²) in [6, 6.07) is 0. The molecular formula is C10H21O2. The van der Waals surface area contributed by atoms with Gasteiger partial charge in [0.15, 0.2) is 0 Å². The van der Waals surface area contributed by atoms with Crippen molar-refractivity contribution in [2.75, 3.05) is 0 Å². The number of hydrogen-bond acceptors (Lipinski definition) is 2. The van der Waals surface area contributed by atoms with E-state index in [1.54, 1.807) is 6.92 Å². The molecule has 12 heavy (non-hydrogen) atoms. The van der Waals surface area contributed by atoms with Gasteiger partial charge in [0.25, 0.3) is 0 Å². The highest BCUT2D eigenvalue weighted by Crippen LogP contribution is 2.17. The Morgan fingerprint density at radius 2 is 1.92 bits per heavy atom. The van der Waals surface area contributed by atoms with E-state index in [2.05, 4.69) is 6.92 Å². The molecule has 0 aliphatic rings. The second kappa shape index (κ2) is 6.44. The van der Waals surface area contributed by atoms with Crippen LogP contribution in [0.4, 0.5) is 0 Å². The van der Waals surface area contributed by atoms with Crippen LogP contribution in [0.3, 0.4) is 0 Å². The van der Waals surface area contributed by atoms with E-state index in [1.807, 2.05) is 6.92 Å². The molecule has 0 spiro atoms. The monoisotopic (exact) mass is 173 g/mol. The zero-order valence-electron chi connectivity index (χ0n) is 8.16. The summed E-state index contributed by atoms with van der Waals surface area (Å²) < 4.78 is 0. The third-order valence-electron chi connectivity index (χ3n) is 2.34. The first-order valence-electron chi connectivity index (χ1n) is 4.78. The molecule has 2 heteroatoms. The van der Waals surface area contributed by atoms with Crippen molar-refractivity contribution in [1.29, 1.82) is 0 Å². The third kappa shape index (κ3) is 4.07. The Bertz CT molecular complexity index is 102. The van der Waals surface area contributed by atoms with Gasteiger partial charge >= 0.3 is 0 Å². The maximum Gasteiger partial charge on any atom is 0.0592 e. The lowest BCUT2D eigenvalue weighted by molar-refractivity contribution is 0.0146. The van der Waals surface area contributed by atoms with Crippen LogP contribution < -0.4 is 0 Å². The minimum atomic E-state index is -0.408. The molecule has 0 heterocycles. The molecule has 0 aliphatic heterocycles. The summed E-state index contributed by atoms with van der Waals surface area (Å²) in [5.41, 5.74) is 0. The first-order valence-corrected chi connectivity index (χ1v) is 4.78. The molecule has 2 nitrogen and oxygen atoms in total. The van der Waals surface area contributed by atoms with Crippen LogP contribution in [0.25, 0.3) is 0 Å². The number of unbranched alkanes of at least 4 members (excludes halogenated alkanes) is 1. The summed E-state index contributed by atoms with van der Waals surface area (Å²) in [5, 5.41) is 18.9. The molecule has 0 aliphatic carbocycles. The zero-order chi connectivity index (χ0) is 9.56. The van der Waals surface area contributed by atoms with Gasteiger partial charge in [0.05, 0.1) is 12.2 Å². The number of rotatable bonds is 6. The molecule has 0 aromatic carbocycles. The summed E-state index contributed by atoms with van der Waals surface area (Å²) in [4.78, 5) is 0. The van der Waals surface area contributed by atoms with E-state index < -0.39 is 6.10 Å². The topological polar surface area (TPSA) is 40.5 Å². The van der Waals surface area contributed by atoms with E-state index in [1.165, 1.54) is 0 Å². The Morgan fingerprint density at radius 1 is 1.33 bits per heavy atom. The minimum absolute atomic E-state index is 0.0246. The molecule has 0 aromatic rings.